The molecule has 0 radical (unpaired) electrons. The molecule has 5 nitrogen and oxygen atoms in total. The Kier molecular flexibility index (Phi) is 3.86. The Morgan fingerprint density at radius 1 is 1.19 bits per heavy atom. The van der Waals surface area contributed by atoms with Gasteiger partial charge in [0.25, 0.3) is 0 Å². The average Bonchev–Trinajstić information content (AvgIpc) is 3.28. The van der Waals surface area contributed by atoms with Gasteiger partial charge in [0.2, 0.25) is 5.91 Å². The number of anilines is 3. The second-order valence-electron chi connectivity index (χ2n) is 6.86. The highest BCUT2D eigenvalue weighted by molar-refractivity contribution is 7.14. The van der Waals surface area contributed by atoms with Crippen molar-refractivity contribution in [2.24, 2.45) is 0 Å². The standard InChI is InChI=1S/C21H19N3O2S/c1-26-17-6-4-16(5-7-17)22-21-23-18(12-27-21)14-9-13-3-2-8-24-19(25)11-15(10-14)20(13)24/h4-7,9-10,12H,2-3,8,11H2,1H3,(H,22,23). The van der Waals surface area contributed by atoms with Crippen LogP contribution >= 0.6 is 11.3 Å². The molecule has 0 aliphatic carbocycles. The number of rotatable bonds is 4. The van der Waals surface area contributed by atoms with Crippen LogP contribution in [-0.2, 0) is 17.6 Å². The number of thiazole rings is 1. The van der Waals surface area contributed by atoms with E-state index in [2.05, 4.69) is 22.8 Å². The molecule has 6 heteroatoms. The van der Waals surface area contributed by atoms with Crippen LogP contribution in [0.25, 0.3) is 11.3 Å². The SMILES string of the molecule is COc1ccc(Nc2nc(-c3cc4c5c(c3)CC(=O)N5CCC4)cs2)cc1. The van der Waals surface area contributed by atoms with E-state index in [-0.39, 0.29) is 5.91 Å². The van der Waals surface area contributed by atoms with Crippen molar-refractivity contribution in [3.63, 3.8) is 0 Å². The Hall–Kier alpha value is -2.86. The van der Waals surface area contributed by atoms with Crippen LogP contribution in [0.15, 0.2) is 41.8 Å². The molecule has 0 atom stereocenters. The molecule has 0 spiro atoms. The minimum absolute atomic E-state index is 0.225. The van der Waals surface area contributed by atoms with Crippen molar-refractivity contribution in [3.8, 4) is 17.0 Å². The quantitative estimate of drug-likeness (QED) is 0.732. The van der Waals surface area contributed by atoms with Gasteiger partial charge in [0.15, 0.2) is 5.13 Å². The maximum atomic E-state index is 12.2. The normalized spacial score (nSPS) is 15.0. The maximum Gasteiger partial charge on any atom is 0.231 e. The van der Waals surface area contributed by atoms with E-state index in [1.807, 2.05) is 29.2 Å². The smallest absolute Gasteiger partial charge is 0.231 e. The fourth-order valence-corrected chi connectivity index (χ4v) is 4.63. The minimum atomic E-state index is 0.225. The molecular weight excluding hydrogens is 358 g/mol. The van der Waals surface area contributed by atoms with Gasteiger partial charge in [-0.25, -0.2) is 4.98 Å². The van der Waals surface area contributed by atoms with Crippen LogP contribution in [0.4, 0.5) is 16.5 Å². The number of hydrogen-bond acceptors (Lipinski definition) is 5. The minimum Gasteiger partial charge on any atom is -0.497 e. The van der Waals surface area contributed by atoms with Crippen LogP contribution in [0.3, 0.4) is 0 Å². The van der Waals surface area contributed by atoms with Crippen LogP contribution < -0.4 is 15.0 Å². The summed E-state index contributed by atoms with van der Waals surface area (Å²) >= 11 is 1.58. The van der Waals surface area contributed by atoms with Crippen molar-refractivity contribution >= 4 is 33.8 Å². The third-order valence-electron chi connectivity index (χ3n) is 5.15. The molecule has 27 heavy (non-hydrogen) atoms. The summed E-state index contributed by atoms with van der Waals surface area (Å²) in [7, 11) is 1.66. The largest absolute Gasteiger partial charge is 0.497 e. The zero-order chi connectivity index (χ0) is 18.4. The lowest BCUT2D eigenvalue weighted by Gasteiger charge is -2.25. The molecule has 3 aromatic rings. The van der Waals surface area contributed by atoms with E-state index in [0.29, 0.717) is 6.42 Å². The number of methoxy groups -OCH3 is 1. The number of hydrogen-bond donors (Lipinski definition) is 1. The fourth-order valence-electron chi connectivity index (χ4n) is 3.89. The zero-order valence-electron chi connectivity index (χ0n) is 15.0. The lowest BCUT2D eigenvalue weighted by Crippen LogP contribution is -2.31. The molecule has 5 rings (SSSR count). The number of nitrogens with one attached hydrogen (secondary N) is 1. The molecule has 0 unspecified atom stereocenters. The molecule has 2 aliphatic heterocycles. The summed E-state index contributed by atoms with van der Waals surface area (Å²) in [6, 6.07) is 12.1. The molecule has 136 valence electrons. The topological polar surface area (TPSA) is 54.5 Å². The van der Waals surface area contributed by atoms with Gasteiger partial charge in [-0.3, -0.25) is 4.79 Å². The maximum absolute atomic E-state index is 12.2. The number of nitrogens with zero attached hydrogens (tertiary/aromatic N) is 2. The number of aromatic nitrogens is 1. The van der Waals surface area contributed by atoms with Gasteiger partial charge < -0.3 is 15.0 Å². The van der Waals surface area contributed by atoms with E-state index in [4.69, 9.17) is 9.72 Å². The number of ether oxygens (including phenoxy) is 1. The first kappa shape index (κ1) is 16.3. The third kappa shape index (κ3) is 2.86. The molecule has 0 fully saturated rings. The van der Waals surface area contributed by atoms with Crippen LogP contribution in [0, 0.1) is 0 Å². The zero-order valence-corrected chi connectivity index (χ0v) is 15.8. The van der Waals surface area contributed by atoms with Crippen LogP contribution in [0.2, 0.25) is 0 Å². The first-order valence-electron chi connectivity index (χ1n) is 9.04. The highest BCUT2D eigenvalue weighted by atomic mass is 32.1. The number of aryl methyl sites for hydroxylation is 1. The first-order chi connectivity index (χ1) is 13.2. The van der Waals surface area contributed by atoms with E-state index in [1.54, 1.807) is 18.4 Å². The monoisotopic (exact) mass is 377 g/mol. The highest BCUT2D eigenvalue weighted by Gasteiger charge is 2.32. The molecule has 2 aromatic carbocycles. The summed E-state index contributed by atoms with van der Waals surface area (Å²) in [6.45, 7) is 0.852. The van der Waals surface area contributed by atoms with Crippen molar-refractivity contribution in [3.05, 3.63) is 52.9 Å². The first-order valence-corrected chi connectivity index (χ1v) is 9.92. The lowest BCUT2D eigenvalue weighted by atomic mass is 9.96. The Labute approximate surface area is 161 Å². The van der Waals surface area contributed by atoms with Crippen molar-refractivity contribution in [1.82, 2.24) is 4.98 Å². The summed E-state index contributed by atoms with van der Waals surface area (Å²) in [5.41, 5.74) is 6.59. The van der Waals surface area contributed by atoms with E-state index < -0.39 is 0 Å². The summed E-state index contributed by atoms with van der Waals surface area (Å²) < 4.78 is 5.19. The van der Waals surface area contributed by atoms with Crippen LogP contribution in [0.5, 0.6) is 5.75 Å². The van der Waals surface area contributed by atoms with Gasteiger partial charge >= 0.3 is 0 Å². The van der Waals surface area contributed by atoms with E-state index in [1.165, 1.54) is 5.56 Å². The number of carbonyl (C=O) groups excluding carboxylic acids is 1. The molecule has 0 saturated carbocycles. The van der Waals surface area contributed by atoms with Gasteiger partial charge in [-0.05, 0) is 60.4 Å². The van der Waals surface area contributed by atoms with Crippen molar-refractivity contribution < 1.29 is 9.53 Å². The molecule has 1 aromatic heterocycles. The molecule has 1 amide bonds. The lowest BCUT2D eigenvalue weighted by molar-refractivity contribution is -0.117. The summed E-state index contributed by atoms with van der Waals surface area (Å²) in [5, 5.41) is 6.26. The Morgan fingerprint density at radius 3 is 2.81 bits per heavy atom. The Morgan fingerprint density at radius 2 is 2.00 bits per heavy atom. The average molecular weight is 377 g/mol. The number of carbonyl (C=O) groups is 1. The van der Waals surface area contributed by atoms with Gasteiger partial charge in [0, 0.05) is 23.2 Å². The second-order valence-corrected chi connectivity index (χ2v) is 7.72. The molecule has 0 bridgehead atoms. The van der Waals surface area contributed by atoms with Crippen LogP contribution in [-0.4, -0.2) is 24.5 Å². The second kappa shape index (κ2) is 6.39. The van der Waals surface area contributed by atoms with E-state index in [0.717, 1.165) is 58.5 Å². The van der Waals surface area contributed by atoms with Gasteiger partial charge in [0.1, 0.15) is 5.75 Å². The number of amides is 1. The van der Waals surface area contributed by atoms with Crippen LogP contribution in [0.1, 0.15) is 17.5 Å². The summed E-state index contributed by atoms with van der Waals surface area (Å²) in [5.74, 6) is 1.05. The molecule has 0 saturated heterocycles. The van der Waals surface area contributed by atoms with Gasteiger partial charge in [-0.2, -0.15) is 0 Å². The van der Waals surface area contributed by atoms with E-state index >= 15 is 0 Å². The van der Waals surface area contributed by atoms with Gasteiger partial charge in [-0.1, -0.05) is 0 Å². The third-order valence-corrected chi connectivity index (χ3v) is 5.91. The van der Waals surface area contributed by atoms with Crippen molar-refractivity contribution in [1.29, 1.82) is 0 Å². The predicted octanol–water partition coefficient (Wildman–Crippen LogP) is 4.40. The van der Waals surface area contributed by atoms with E-state index in [9.17, 15) is 4.79 Å². The van der Waals surface area contributed by atoms with Crippen molar-refractivity contribution in [2.45, 2.75) is 19.3 Å². The highest BCUT2D eigenvalue weighted by Crippen LogP contribution is 2.40. The number of benzene rings is 2. The summed E-state index contributed by atoms with van der Waals surface area (Å²) in [6.07, 6.45) is 2.57. The Balaban J connectivity index is 1.43. The van der Waals surface area contributed by atoms with Gasteiger partial charge in [-0.15, -0.1) is 11.3 Å². The van der Waals surface area contributed by atoms with Gasteiger partial charge in [0.05, 0.1) is 24.9 Å². The molecular formula is C21H19N3O2S. The summed E-state index contributed by atoms with van der Waals surface area (Å²) in [4.78, 5) is 18.9. The molecule has 3 heterocycles. The fraction of sp³-hybridized carbons (Fsp3) is 0.238. The Bertz CT molecular complexity index is 1030. The molecule has 1 N–H and O–H groups in total. The van der Waals surface area contributed by atoms with Crippen molar-refractivity contribution in [2.75, 3.05) is 23.9 Å². The molecule has 2 aliphatic rings. The predicted molar refractivity (Wildman–Crippen MR) is 108 cm³/mol.